The Morgan fingerprint density at radius 3 is 2.45 bits per heavy atom. The molecular weight excluding hydrogens is 258 g/mol. The standard InChI is InChI=1S/C17H16F2O/c18-15-10-9-14(17(19)12-15)11-16(20)8-4-7-13-5-2-1-3-6-13/h1-3,5-6,9-10,12H,4,7-8,11H2. The summed E-state index contributed by atoms with van der Waals surface area (Å²) in [7, 11) is 0. The summed E-state index contributed by atoms with van der Waals surface area (Å²) < 4.78 is 26.2. The van der Waals surface area contributed by atoms with Gasteiger partial charge < -0.3 is 0 Å². The van der Waals surface area contributed by atoms with Gasteiger partial charge in [-0.15, -0.1) is 0 Å². The van der Waals surface area contributed by atoms with Crippen molar-refractivity contribution in [1.29, 1.82) is 0 Å². The minimum absolute atomic E-state index is 0.0218. The molecule has 0 atom stereocenters. The molecule has 2 rings (SSSR count). The van der Waals surface area contributed by atoms with Gasteiger partial charge in [-0.25, -0.2) is 8.78 Å². The molecule has 104 valence electrons. The van der Waals surface area contributed by atoms with Crippen molar-refractivity contribution in [1.82, 2.24) is 0 Å². The van der Waals surface area contributed by atoms with Crippen LogP contribution in [-0.2, 0) is 17.6 Å². The van der Waals surface area contributed by atoms with Crippen molar-refractivity contribution in [3.8, 4) is 0 Å². The lowest BCUT2D eigenvalue weighted by atomic mass is 10.0. The highest BCUT2D eigenvalue weighted by molar-refractivity contribution is 5.80. The zero-order valence-corrected chi connectivity index (χ0v) is 11.1. The fourth-order valence-electron chi connectivity index (χ4n) is 2.10. The summed E-state index contributed by atoms with van der Waals surface area (Å²) in [5, 5.41) is 0. The van der Waals surface area contributed by atoms with Crippen LogP contribution in [0.2, 0.25) is 0 Å². The van der Waals surface area contributed by atoms with Crippen molar-refractivity contribution in [2.45, 2.75) is 25.7 Å². The van der Waals surface area contributed by atoms with Crippen molar-refractivity contribution >= 4 is 5.78 Å². The predicted octanol–water partition coefficient (Wildman–Crippen LogP) is 4.10. The molecule has 0 radical (unpaired) electrons. The highest BCUT2D eigenvalue weighted by Gasteiger charge is 2.09. The van der Waals surface area contributed by atoms with Gasteiger partial charge in [0.15, 0.2) is 0 Å². The first-order chi connectivity index (χ1) is 9.65. The average Bonchev–Trinajstić information content (AvgIpc) is 2.43. The number of halogens is 2. The summed E-state index contributed by atoms with van der Waals surface area (Å²) >= 11 is 0. The first-order valence-electron chi connectivity index (χ1n) is 6.65. The van der Waals surface area contributed by atoms with Crippen LogP contribution < -0.4 is 0 Å². The average molecular weight is 274 g/mol. The number of carbonyl (C=O) groups excluding carboxylic acids is 1. The van der Waals surface area contributed by atoms with Gasteiger partial charge in [0.05, 0.1) is 0 Å². The largest absolute Gasteiger partial charge is 0.299 e. The third kappa shape index (κ3) is 4.26. The van der Waals surface area contributed by atoms with Crippen LogP contribution in [0.25, 0.3) is 0 Å². The van der Waals surface area contributed by atoms with Crippen LogP contribution in [0.15, 0.2) is 48.5 Å². The molecule has 0 aromatic heterocycles. The SMILES string of the molecule is O=C(CCCc1ccccc1)Cc1ccc(F)cc1F. The number of hydrogen-bond donors (Lipinski definition) is 0. The maximum Gasteiger partial charge on any atom is 0.137 e. The molecule has 20 heavy (non-hydrogen) atoms. The van der Waals surface area contributed by atoms with E-state index in [0.29, 0.717) is 6.42 Å². The van der Waals surface area contributed by atoms with E-state index in [1.165, 1.54) is 17.7 Å². The van der Waals surface area contributed by atoms with E-state index in [2.05, 4.69) is 0 Å². The van der Waals surface area contributed by atoms with Gasteiger partial charge in [0.1, 0.15) is 17.4 Å². The van der Waals surface area contributed by atoms with Crippen LogP contribution in [-0.4, -0.2) is 5.78 Å². The molecule has 0 aliphatic rings. The molecule has 0 N–H and O–H groups in total. The lowest BCUT2D eigenvalue weighted by Gasteiger charge is -2.04. The van der Waals surface area contributed by atoms with Crippen LogP contribution in [0.3, 0.4) is 0 Å². The van der Waals surface area contributed by atoms with Crippen LogP contribution in [0.5, 0.6) is 0 Å². The quantitative estimate of drug-likeness (QED) is 0.775. The van der Waals surface area contributed by atoms with Gasteiger partial charge in [0, 0.05) is 18.9 Å². The molecule has 0 saturated carbocycles. The minimum Gasteiger partial charge on any atom is -0.299 e. The molecule has 1 nitrogen and oxygen atoms in total. The maximum atomic E-state index is 13.4. The maximum absolute atomic E-state index is 13.4. The van der Waals surface area contributed by atoms with Crippen molar-refractivity contribution in [3.63, 3.8) is 0 Å². The van der Waals surface area contributed by atoms with E-state index in [1.807, 2.05) is 30.3 Å². The Bertz CT molecular complexity index is 579. The van der Waals surface area contributed by atoms with Crippen molar-refractivity contribution < 1.29 is 13.6 Å². The van der Waals surface area contributed by atoms with Gasteiger partial charge in [-0.3, -0.25) is 4.79 Å². The van der Waals surface area contributed by atoms with Gasteiger partial charge in [-0.2, -0.15) is 0 Å². The summed E-state index contributed by atoms with van der Waals surface area (Å²) in [6, 6.07) is 13.2. The lowest BCUT2D eigenvalue weighted by Crippen LogP contribution is -2.05. The summed E-state index contributed by atoms with van der Waals surface area (Å²) in [5.41, 5.74) is 1.45. The number of carbonyl (C=O) groups is 1. The molecule has 0 amide bonds. The summed E-state index contributed by atoms with van der Waals surface area (Å²) in [5.74, 6) is -1.30. The Balaban J connectivity index is 1.81. The second kappa shape index (κ2) is 6.94. The van der Waals surface area contributed by atoms with E-state index in [9.17, 15) is 13.6 Å². The Labute approximate surface area is 117 Å². The normalized spacial score (nSPS) is 10.5. The summed E-state index contributed by atoms with van der Waals surface area (Å²) in [6.45, 7) is 0. The number of benzene rings is 2. The molecule has 0 fully saturated rings. The number of rotatable bonds is 6. The third-order valence-electron chi connectivity index (χ3n) is 3.17. The molecule has 0 aliphatic carbocycles. The van der Waals surface area contributed by atoms with Crippen molar-refractivity contribution in [2.24, 2.45) is 0 Å². The van der Waals surface area contributed by atoms with E-state index < -0.39 is 11.6 Å². The smallest absolute Gasteiger partial charge is 0.137 e. The highest BCUT2D eigenvalue weighted by atomic mass is 19.1. The van der Waals surface area contributed by atoms with E-state index in [1.54, 1.807) is 0 Å². The number of hydrogen-bond acceptors (Lipinski definition) is 1. The van der Waals surface area contributed by atoms with Crippen LogP contribution in [0.1, 0.15) is 24.0 Å². The molecule has 0 bridgehead atoms. The summed E-state index contributed by atoms with van der Waals surface area (Å²) in [4.78, 5) is 11.8. The monoisotopic (exact) mass is 274 g/mol. The molecule has 2 aromatic carbocycles. The summed E-state index contributed by atoms with van der Waals surface area (Å²) in [6.07, 6.45) is 2.01. The van der Waals surface area contributed by atoms with Crippen LogP contribution in [0.4, 0.5) is 8.78 Å². The van der Waals surface area contributed by atoms with Crippen LogP contribution >= 0.6 is 0 Å². The molecular formula is C17H16F2O. The Kier molecular flexibility index (Phi) is 4.99. The highest BCUT2D eigenvalue weighted by Crippen LogP contribution is 2.12. The second-order valence-electron chi connectivity index (χ2n) is 4.79. The minimum atomic E-state index is -0.651. The molecule has 0 unspecified atom stereocenters. The van der Waals surface area contributed by atoms with Crippen molar-refractivity contribution in [3.05, 3.63) is 71.3 Å². The van der Waals surface area contributed by atoms with Gasteiger partial charge in [-0.05, 0) is 30.0 Å². The molecule has 0 spiro atoms. The number of ketones is 1. The lowest BCUT2D eigenvalue weighted by molar-refractivity contribution is -0.118. The molecule has 0 aliphatic heterocycles. The molecule has 0 heterocycles. The topological polar surface area (TPSA) is 17.1 Å². The van der Waals surface area contributed by atoms with Crippen molar-refractivity contribution in [2.75, 3.05) is 0 Å². The van der Waals surface area contributed by atoms with Gasteiger partial charge >= 0.3 is 0 Å². The Hall–Kier alpha value is -2.03. The predicted molar refractivity (Wildman–Crippen MR) is 74.4 cm³/mol. The molecule has 3 heteroatoms. The number of Topliss-reactive ketones (excluding diaryl/α,β-unsaturated/α-hetero) is 1. The molecule has 2 aromatic rings. The molecule has 0 saturated heterocycles. The van der Waals surface area contributed by atoms with Gasteiger partial charge in [0.25, 0.3) is 0 Å². The van der Waals surface area contributed by atoms with E-state index in [0.717, 1.165) is 18.9 Å². The Morgan fingerprint density at radius 2 is 1.75 bits per heavy atom. The number of aryl methyl sites for hydroxylation is 1. The Morgan fingerprint density at radius 1 is 1.00 bits per heavy atom. The first kappa shape index (κ1) is 14.4. The van der Waals surface area contributed by atoms with Gasteiger partial charge in [-0.1, -0.05) is 36.4 Å². The van der Waals surface area contributed by atoms with Crippen LogP contribution in [0, 0.1) is 11.6 Å². The fraction of sp³-hybridized carbons (Fsp3) is 0.235. The van der Waals surface area contributed by atoms with E-state index in [-0.39, 0.29) is 17.8 Å². The second-order valence-corrected chi connectivity index (χ2v) is 4.79. The van der Waals surface area contributed by atoms with Gasteiger partial charge in [0.2, 0.25) is 0 Å². The zero-order chi connectivity index (χ0) is 14.4. The van der Waals surface area contributed by atoms with E-state index >= 15 is 0 Å². The zero-order valence-electron chi connectivity index (χ0n) is 11.1. The fourth-order valence-corrected chi connectivity index (χ4v) is 2.10. The first-order valence-corrected chi connectivity index (χ1v) is 6.65. The van der Waals surface area contributed by atoms with E-state index in [4.69, 9.17) is 0 Å². The third-order valence-corrected chi connectivity index (χ3v) is 3.17.